The molecule has 65 valence electrons. The first-order chi connectivity index (χ1) is 6.00. The van der Waals surface area contributed by atoms with Gasteiger partial charge in [0.1, 0.15) is 0 Å². The summed E-state index contributed by atoms with van der Waals surface area (Å²) in [6.45, 7) is 0. The Bertz CT molecular complexity index is 172. The molecule has 12 heavy (non-hydrogen) atoms. The fourth-order valence-corrected chi connectivity index (χ4v) is 1.27. The van der Waals surface area contributed by atoms with Crippen molar-refractivity contribution in [2.24, 2.45) is 0 Å². The Morgan fingerprint density at radius 3 is 2.58 bits per heavy atom. The second-order valence-corrected chi connectivity index (χ2v) is 3.12. The highest BCUT2D eigenvalue weighted by molar-refractivity contribution is 4.99. The summed E-state index contributed by atoms with van der Waals surface area (Å²) in [4.78, 5) is 0. The Balaban J connectivity index is 2.31. The minimum absolute atomic E-state index is 1.03. The molecule has 1 rings (SSSR count). The number of hydrogen-bond acceptors (Lipinski definition) is 0. The summed E-state index contributed by atoms with van der Waals surface area (Å²) in [5, 5.41) is 0. The van der Waals surface area contributed by atoms with E-state index in [2.05, 4.69) is 30.4 Å². The largest absolute Gasteiger partial charge is 0.0882 e. The van der Waals surface area contributed by atoms with Gasteiger partial charge in [-0.2, -0.15) is 0 Å². The van der Waals surface area contributed by atoms with E-state index in [4.69, 9.17) is 0 Å². The van der Waals surface area contributed by atoms with Crippen LogP contribution in [0.3, 0.4) is 0 Å². The molecule has 1 aliphatic carbocycles. The first-order valence-corrected chi connectivity index (χ1v) is 4.88. The third-order valence-electron chi connectivity index (χ3n) is 1.99. The first-order valence-electron chi connectivity index (χ1n) is 4.88. The van der Waals surface area contributed by atoms with Gasteiger partial charge in [-0.1, -0.05) is 36.8 Å². The average Bonchev–Trinajstić information content (AvgIpc) is 2.05. The molecular weight excluding hydrogens is 144 g/mol. The zero-order valence-electron chi connectivity index (χ0n) is 7.63. The highest BCUT2D eigenvalue weighted by Gasteiger charge is 1.85. The second-order valence-electron chi connectivity index (χ2n) is 3.12. The fourth-order valence-electron chi connectivity index (χ4n) is 1.27. The molecule has 0 unspecified atom stereocenters. The third-order valence-corrected chi connectivity index (χ3v) is 1.99. The van der Waals surface area contributed by atoms with Gasteiger partial charge in [0, 0.05) is 0 Å². The Hall–Kier alpha value is -0.780. The van der Waals surface area contributed by atoms with Gasteiger partial charge >= 0.3 is 0 Å². The zero-order valence-corrected chi connectivity index (χ0v) is 7.63. The molecule has 0 atom stereocenters. The van der Waals surface area contributed by atoms with Crippen molar-refractivity contribution in [1.29, 1.82) is 0 Å². The van der Waals surface area contributed by atoms with Crippen molar-refractivity contribution in [3.05, 3.63) is 36.5 Å². The first kappa shape index (κ1) is 9.31. The molecule has 0 saturated heterocycles. The van der Waals surface area contributed by atoms with Crippen LogP contribution in [0.4, 0.5) is 0 Å². The highest BCUT2D eigenvalue weighted by atomic mass is 13.9. The standard InChI is InChI=1S/C12H17/c1-2-4-6-8-10-12-11-9-7-5-3-1/h1-2,5,9,11H,3-4,6,8,10,12H2/b2-1-,7-5?,11-9-. The molecule has 1 aliphatic rings. The molecule has 0 nitrogen and oxygen atoms in total. The van der Waals surface area contributed by atoms with E-state index in [1.807, 2.05) is 6.08 Å². The molecule has 0 aromatic heterocycles. The quantitative estimate of drug-likeness (QED) is 0.474. The van der Waals surface area contributed by atoms with E-state index in [1.165, 1.54) is 32.1 Å². The van der Waals surface area contributed by atoms with Gasteiger partial charge in [0.2, 0.25) is 0 Å². The molecule has 0 aromatic rings. The highest BCUT2D eigenvalue weighted by Crippen LogP contribution is 2.05. The predicted molar refractivity (Wildman–Crippen MR) is 53.8 cm³/mol. The number of hydrogen-bond donors (Lipinski definition) is 0. The van der Waals surface area contributed by atoms with Crippen LogP contribution in [0.5, 0.6) is 0 Å². The maximum atomic E-state index is 3.15. The van der Waals surface area contributed by atoms with Gasteiger partial charge in [0.15, 0.2) is 0 Å². The van der Waals surface area contributed by atoms with Crippen LogP contribution in [0.2, 0.25) is 0 Å². The second kappa shape index (κ2) is 6.90. The lowest BCUT2D eigenvalue weighted by Gasteiger charge is -1.95. The Morgan fingerprint density at radius 2 is 1.67 bits per heavy atom. The van der Waals surface area contributed by atoms with Crippen LogP contribution in [-0.2, 0) is 0 Å². The van der Waals surface area contributed by atoms with Crippen LogP contribution in [0.1, 0.15) is 38.5 Å². The maximum Gasteiger partial charge on any atom is -0.0160 e. The van der Waals surface area contributed by atoms with Crippen molar-refractivity contribution in [1.82, 2.24) is 0 Å². The van der Waals surface area contributed by atoms with Gasteiger partial charge in [0.25, 0.3) is 0 Å². The summed E-state index contributed by atoms with van der Waals surface area (Å²) in [7, 11) is 0. The lowest BCUT2D eigenvalue weighted by Crippen LogP contribution is -1.75. The van der Waals surface area contributed by atoms with Crippen LogP contribution in [0, 0.1) is 6.08 Å². The van der Waals surface area contributed by atoms with Crippen molar-refractivity contribution in [3.63, 3.8) is 0 Å². The van der Waals surface area contributed by atoms with E-state index >= 15 is 0 Å². The molecule has 0 spiro atoms. The molecule has 0 saturated carbocycles. The van der Waals surface area contributed by atoms with E-state index in [0.29, 0.717) is 0 Å². The van der Waals surface area contributed by atoms with Gasteiger partial charge in [0.05, 0.1) is 0 Å². The summed E-state index contributed by atoms with van der Waals surface area (Å²) in [6, 6.07) is 0. The molecule has 0 bridgehead atoms. The van der Waals surface area contributed by atoms with Crippen molar-refractivity contribution < 1.29 is 0 Å². The van der Waals surface area contributed by atoms with Gasteiger partial charge in [-0.15, -0.1) is 0 Å². The molecule has 0 heterocycles. The average molecular weight is 161 g/mol. The minimum atomic E-state index is 1.03. The summed E-state index contributed by atoms with van der Waals surface area (Å²) in [5.74, 6) is 0. The van der Waals surface area contributed by atoms with Gasteiger partial charge < -0.3 is 0 Å². The van der Waals surface area contributed by atoms with E-state index < -0.39 is 0 Å². The van der Waals surface area contributed by atoms with Crippen LogP contribution in [0.15, 0.2) is 30.4 Å². The van der Waals surface area contributed by atoms with Crippen LogP contribution < -0.4 is 0 Å². The number of allylic oxidation sites excluding steroid dienone is 6. The molecule has 0 fully saturated rings. The van der Waals surface area contributed by atoms with Crippen LogP contribution in [0.25, 0.3) is 0 Å². The molecule has 1 radical (unpaired) electrons. The van der Waals surface area contributed by atoms with Crippen molar-refractivity contribution in [2.75, 3.05) is 0 Å². The normalized spacial score (nSPS) is 28.0. The van der Waals surface area contributed by atoms with E-state index in [0.717, 1.165) is 6.42 Å². The zero-order chi connectivity index (χ0) is 8.49. The maximum absolute atomic E-state index is 3.15. The summed E-state index contributed by atoms with van der Waals surface area (Å²) in [5.41, 5.74) is 0. The van der Waals surface area contributed by atoms with Crippen molar-refractivity contribution >= 4 is 0 Å². The third kappa shape index (κ3) is 4.95. The molecule has 0 amide bonds. The van der Waals surface area contributed by atoms with Gasteiger partial charge in [-0.05, 0) is 38.2 Å². The van der Waals surface area contributed by atoms with Crippen LogP contribution in [-0.4, -0.2) is 0 Å². The molecule has 0 N–H and O–H groups in total. The SMILES string of the molecule is [C]1=C/C/C=C\CCCCC\C=C/1. The predicted octanol–water partition coefficient (Wildman–Crippen LogP) is 3.81. The van der Waals surface area contributed by atoms with Gasteiger partial charge in [-0.3, -0.25) is 0 Å². The Kier molecular flexibility index (Phi) is 5.35. The minimum Gasteiger partial charge on any atom is -0.0882 e. The Labute approximate surface area is 75.7 Å². The summed E-state index contributed by atoms with van der Waals surface area (Å²) in [6.07, 6.45) is 21.5. The number of rotatable bonds is 0. The summed E-state index contributed by atoms with van der Waals surface area (Å²) < 4.78 is 0. The molecule has 0 heteroatoms. The lowest BCUT2D eigenvalue weighted by molar-refractivity contribution is 0.695. The van der Waals surface area contributed by atoms with E-state index in [9.17, 15) is 0 Å². The van der Waals surface area contributed by atoms with E-state index in [1.54, 1.807) is 0 Å². The molecular formula is C12H17. The van der Waals surface area contributed by atoms with Crippen LogP contribution >= 0.6 is 0 Å². The Morgan fingerprint density at radius 1 is 0.833 bits per heavy atom. The van der Waals surface area contributed by atoms with Crippen molar-refractivity contribution in [2.45, 2.75) is 38.5 Å². The van der Waals surface area contributed by atoms with Crippen molar-refractivity contribution in [3.8, 4) is 0 Å². The lowest BCUT2D eigenvalue weighted by atomic mass is 10.1. The monoisotopic (exact) mass is 161 g/mol. The van der Waals surface area contributed by atoms with Gasteiger partial charge in [-0.25, -0.2) is 0 Å². The van der Waals surface area contributed by atoms with E-state index in [-0.39, 0.29) is 0 Å². The smallest absolute Gasteiger partial charge is 0.0160 e. The molecule has 0 aliphatic heterocycles. The topological polar surface area (TPSA) is 0 Å². The summed E-state index contributed by atoms with van der Waals surface area (Å²) >= 11 is 0. The molecule has 0 aromatic carbocycles. The fraction of sp³-hybridized carbons (Fsp3) is 0.500.